The van der Waals surface area contributed by atoms with Crippen molar-refractivity contribution < 1.29 is 0 Å². The van der Waals surface area contributed by atoms with E-state index < -0.39 is 0 Å². The lowest BCUT2D eigenvalue weighted by Gasteiger charge is -2.14. The highest BCUT2D eigenvalue weighted by molar-refractivity contribution is 5.65. The molecule has 0 aliphatic rings. The summed E-state index contributed by atoms with van der Waals surface area (Å²) in [7, 11) is 0. The summed E-state index contributed by atoms with van der Waals surface area (Å²) < 4.78 is 0. The summed E-state index contributed by atoms with van der Waals surface area (Å²) in [5.74, 6) is 0.956. The Balaban J connectivity index is 2.61. The molecular weight excluding hydrogens is 260 g/mol. The average molecular weight is 284 g/mol. The van der Waals surface area contributed by atoms with Crippen LogP contribution in [-0.2, 0) is 12.8 Å². The molecule has 0 fully saturated rings. The van der Waals surface area contributed by atoms with E-state index >= 15 is 0 Å². The molecule has 0 spiro atoms. The number of rotatable bonds is 4. The Kier molecular flexibility index (Phi) is 4.56. The van der Waals surface area contributed by atoms with E-state index in [1.165, 1.54) is 0 Å². The lowest BCUT2D eigenvalue weighted by atomic mass is 10.0. The summed E-state index contributed by atoms with van der Waals surface area (Å²) in [4.78, 5) is 13.9. The molecule has 0 amide bonds. The van der Waals surface area contributed by atoms with Gasteiger partial charge in [0.2, 0.25) is 0 Å². The number of hydrogen-bond acceptors (Lipinski definition) is 4. The van der Waals surface area contributed by atoms with Crippen LogP contribution in [0.3, 0.4) is 0 Å². The third-order valence-corrected chi connectivity index (χ3v) is 3.69. The third kappa shape index (κ3) is 3.04. The lowest BCUT2D eigenvalue weighted by Crippen LogP contribution is -2.07. The van der Waals surface area contributed by atoms with Crippen molar-refractivity contribution in [1.29, 1.82) is 0 Å². The van der Waals surface area contributed by atoms with Gasteiger partial charge in [0.1, 0.15) is 5.82 Å². The summed E-state index contributed by atoms with van der Waals surface area (Å²) in [6.45, 7) is 10.4. The quantitative estimate of drug-likeness (QED) is 0.930. The Bertz CT molecular complexity index is 647. The number of hydrogen-bond donors (Lipinski definition) is 1. The van der Waals surface area contributed by atoms with Crippen molar-refractivity contribution >= 4 is 5.82 Å². The lowest BCUT2D eigenvalue weighted by molar-refractivity contribution is 0.807. The largest absolute Gasteiger partial charge is 0.382 e. The van der Waals surface area contributed by atoms with Crippen LogP contribution in [0.15, 0.2) is 12.1 Å². The number of anilines is 1. The van der Waals surface area contributed by atoms with Crippen LogP contribution in [0.1, 0.15) is 56.4 Å². The first-order valence-electron chi connectivity index (χ1n) is 7.61. The molecule has 0 saturated carbocycles. The number of aromatic nitrogens is 3. The summed E-state index contributed by atoms with van der Waals surface area (Å²) >= 11 is 0. The van der Waals surface area contributed by atoms with Gasteiger partial charge in [-0.25, -0.2) is 9.97 Å². The molecule has 0 atom stereocenters. The smallest absolute Gasteiger partial charge is 0.145 e. The number of pyridine rings is 1. The van der Waals surface area contributed by atoms with Gasteiger partial charge in [0.05, 0.1) is 17.1 Å². The van der Waals surface area contributed by atoms with E-state index in [0.717, 1.165) is 46.9 Å². The van der Waals surface area contributed by atoms with Gasteiger partial charge in [-0.1, -0.05) is 27.7 Å². The standard InChI is InChI=1S/C17H24N4/c1-6-13-12(8-9-15(20-13)10(3)4)16-11(5)19-17(18)14(7-2)21-16/h8-10H,6-7H2,1-5H3,(H2,18,19). The topological polar surface area (TPSA) is 64.7 Å². The minimum absolute atomic E-state index is 0.425. The Morgan fingerprint density at radius 2 is 1.67 bits per heavy atom. The van der Waals surface area contributed by atoms with Crippen LogP contribution >= 0.6 is 0 Å². The molecule has 0 aromatic carbocycles. The Morgan fingerprint density at radius 3 is 2.24 bits per heavy atom. The highest BCUT2D eigenvalue weighted by atomic mass is 14.9. The van der Waals surface area contributed by atoms with Crippen molar-refractivity contribution in [3.63, 3.8) is 0 Å². The van der Waals surface area contributed by atoms with Crippen molar-refractivity contribution in [1.82, 2.24) is 15.0 Å². The van der Waals surface area contributed by atoms with Gasteiger partial charge in [0, 0.05) is 17.0 Å². The van der Waals surface area contributed by atoms with E-state index in [-0.39, 0.29) is 0 Å². The van der Waals surface area contributed by atoms with Crippen molar-refractivity contribution in [2.24, 2.45) is 0 Å². The molecular formula is C17H24N4. The van der Waals surface area contributed by atoms with Crippen molar-refractivity contribution in [2.75, 3.05) is 5.73 Å². The van der Waals surface area contributed by atoms with Gasteiger partial charge >= 0.3 is 0 Å². The molecule has 0 bridgehead atoms. The highest BCUT2D eigenvalue weighted by Crippen LogP contribution is 2.27. The van der Waals surface area contributed by atoms with Crippen LogP contribution in [0.5, 0.6) is 0 Å². The van der Waals surface area contributed by atoms with Gasteiger partial charge in [0.15, 0.2) is 0 Å². The average Bonchev–Trinajstić information content (AvgIpc) is 2.47. The maximum atomic E-state index is 5.92. The molecule has 4 heteroatoms. The second-order valence-corrected chi connectivity index (χ2v) is 5.58. The van der Waals surface area contributed by atoms with E-state index in [9.17, 15) is 0 Å². The fourth-order valence-corrected chi connectivity index (χ4v) is 2.41. The number of nitrogens with two attached hydrogens (primary N) is 1. The van der Waals surface area contributed by atoms with Gasteiger partial charge in [-0.3, -0.25) is 4.98 Å². The van der Waals surface area contributed by atoms with Gasteiger partial charge in [0.25, 0.3) is 0 Å². The zero-order valence-electron chi connectivity index (χ0n) is 13.6. The SMILES string of the molecule is CCc1nc(C(C)C)ccc1-c1nc(CC)c(N)nc1C. The van der Waals surface area contributed by atoms with Crippen LogP contribution < -0.4 is 5.73 Å². The molecule has 0 aliphatic carbocycles. The number of nitrogen functional groups attached to an aromatic ring is 1. The third-order valence-electron chi connectivity index (χ3n) is 3.69. The van der Waals surface area contributed by atoms with Crippen molar-refractivity contribution in [2.45, 2.75) is 53.4 Å². The van der Waals surface area contributed by atoms with E-state index in [1.807, 2.05) is 13.8 Å². The molecule has 2 N–H and O–H groups in total. The molecule has 0 aliphatic heterocycles. The second-order valence-electron chi connectivity index (χ2n) is 5.58. The summed E-state index contributed by atoms with van der Waals surface area (Å²) in [5, 5.41) is 0. The van der Waals surface area contributed by atoms with Gasteiger partial charge < -0.3 is 5.73 Å². The Hall–Kier alpha value is -1.97. The van der Waals surface area contributed by atoms with E-state index in [0.29, 0.717) is 11.7 Å². The van der Waals surface area contributed by atoms with Crippen molar-refractivity contribution in [3.8, 4) is 11.3 Å². The Morgan fingerprint density at radius 1 is 1.00 bits per heavy atom. The van der Waals surface area contributed by atoms with Crippen LogP contribution in [-0.4, -0.2) is 15.0 Å². The number of aryl methyl sites for hydroxylation is 3. The second kappa shape index (κ2) is 6.20. The molecule has 21 heavy (non-hydrogen) atoms. The summed E-state index contributed by atoms with van der Waals surface area (Å²) in [6, 6.07) is 4.20. The van der Waals surface area contributed by atoms with Crippen LogP contribution in [0, 0.1) is 6.92 Å². The minimum atomic E-state index is 0.425. The highest BCUT2D eigenvalue weighted by Gasteiger charge is 2.14. The van der Waals surface area contributed by atoms with Gasteiger partial charge in [-0.15, -0.1) is 0 Å². The molecule has 0 saturated heterocycles. The molecule has 2 aromatic rings. The fraction of sp³-hybridized carbons (Fsp3) is 0.471. The molecule has 0 unspecified atom stereocenters. The normalized spacial score (nSPS) is 11.1. The summed E-state index contributed by atoms with van der Waals surface area (Å²) in [5.41, 5.74) is 11.8. The van der Waals surface area contributed by atoms with E-state index in [1.54, 1.807) is 0 Å². The molecule has 112 valence electrons. The van der Waals surface area contributed by atoms with Crippen LogP contribution in [0.2, 0.25) is 0 Å². The first-order chi connectivity index (χ1) is 9.97. The first-order valence-corrected chi connectivity index (χ1v) is 7.61. The predicted octanol–water partition coefficient (Wildman–Crippen LogP) is 3.68. The van der Waals surface area contributed by atoms with E-state index in [2.05, 4.69) is 37.9 Å². The molecule has 2 aromatic heterocycles. The predicted molar refractivity (Wildman–Crippen MR) is 87.3 cm³/mol. The zero-order chi connectivity index (χ0) is 15.6. The van der Waals surface area contributed by atoms with Crippen molar-refractivity contribution in [3.05, 3.63) is 34.9 Å². The fourth-order valence-electron chi connectivity index (χ4n) is 2.41. The Labute approximate surface area is 126 Å². The molecule has 2 heterocycles. The zero-order valence-corrected chi connectivity index (χ0v) is 13.6. The number of nitrogens with zero attached hydrogens (tertiary/aromatic N) is 3. The van der Waals surface area contributed by atoms with Crippen LogP contribution in [0.4, 0.5) is 5.82 Å². The monoisotopic (exact) mass is 284 g/mol. The molecule has 2 rings (SSSR count). The molecule has 4 nitrogen and oxygen atoms in total. The first kappa shape index (κ1) is 15.4. The van der Waals surface area contributed by atoms with E-state index in [4.69, 9.17) is 15.7 Å². The maximum Gasteiger partial charge on any atom is 0.145 e. The van der Waals surface area contributed by atoms with Gasteiger partial charge in [-0.05, 0) is 37.8 Å². The molecule has 0 radical (unpaired) electrons. The summed E-state index contributed by atoms with van der Waals surface area (Å²) in [6.07, 6.45) is 1.66. The minimum Gasteiger partial charge on any atom is -0.382 e. The van der Waals surface area contributed by atoms with Crippen LogP contribution in [0.25, 0.3) is 11.3 Å². The maximum absolute atomic E-state index is 5.92. The van der Waals surface area contributed by atoms with Gasteiger partial charge in [-0.2, -0.15) is 0 Å².